The van der Waals surface area contributed by atoms with Gasteiger partial charge in [0.25, 0.3) is 5.91 Å². The normalized spacial score (nSPS) is 14.1. The van der Waals surface area contributed by atoms with Gasteiger partial charge in [0.05, 0.1) is 5.69 Å². The number of para-hydroxylation sites is 2. The van der Waals surface area contributed by atoms with Crippen LogP contribution in [-0.4, -0.2) is 43.4 Å². The number of anilines is 1. The van der Waals surface area contributed by atoms with Crippen LogP contribution in [0.3, 0.4) is 0 Å². The number of likely N-dealkylation sites (N-methyl/N-ethyl adjacent to an activating group) is 1. The van der Waals surface area contributed by atoms with Gasteiger partial charge in [-0.15, -0.1) is 0 Å². The summed E-state index contributed by atoms with van der Waals surface area (Å²) in [4.78, 5) is 29.3. The Balaban J connectivity index is 1.41. The lowest BCUT2D eigenvalue weighted by molar-refractivity contribution is -0.123. The molecule has 34 heavy (non-hydrogen) atoms. The first-order chi connectivity index (χ1) is 16.5. The van der Waals surface area contributed by atoms with Gasteiger partial charge in [-0.1, -0.05) is 60.7 Å². The van der Waals surface area contributed by atoms with Gasteiger partial charge in [0.1, 0.15) is 12.4 Å². The van der Waals surface area contributed by atoms with E-state index < -0.39 is 11.7 Å². The molecule has 0 atom stereocenters. The number of carbonyl (C=O) groups is 2. The van der Waals surface area contributed by atoms with Gasteiger partial charge in [0.2, 0.25) is 5.91 Å². The van der Waals surface area contributed by atoms with E-state index in [4.69, 9.17) is 4.74 Å². The predicted molar refractivity (Wildman–Crippen MR) is 130 cm³/mol. The molecule has 174 valence electrons. The molecule has 1 heterocycles. The van der Waals surface area contributed by atoms with Crippen molar-refractivity contribution in [1.29, 1.82) is 0 Å². The van der Waals surface area contributed by atoms with Crippen LogP contribution in [-0.2, 0) is 16.1 Å². The van der Waals surface area contributed by atoms with Crippen LogP contribution >= 0.6 is 0 Å². The average molecular weight is 460 g/mol. The van der Waals surface area contributed by atoms with Crippen molar-refractivity contribution in [2.45, 2.75) is 6.54 Å². The molecule has 0 aromatic heterocycles. The van der Waals surface area contributed by atoms with E-state index in [1.807, 2.05) is 25.2 Å². The number of nitrogens with one attached hydrogen (secondary N) is 1. The second kappa shape index (κ2) is 10.8. The summed E-state index contributed by atoms with van der Waals surface area (Å²) in [5.74, 6) is -0.866. The van der Waals surface area contributed by atoms with Crippen LogP contribution in [0.4, 0.5) is 10.1 Å². The Hall–Kier alpha value is -3.97. The third-order valence-corrected chi connectivity index (χ3v) is 5.44. The van der Waals surface area contributed by atoms with Crippen molar-refractivity contribution < 1.29 is 18.7 Å². The standard InChI is InChI=1S/C27H26FN3O3/c1-30(18-20-9-3-2-4-10-20)16-15-29-26(32)19-31-23-13-7-8-14-24(23)34-25(27(31)33)17-21-11-5-6-12-22(21)28/h2-14,17H,15-16,18-19H2,1H3,(H,29,32)/b25-17-. The summed E-state index contributed by atoms with van der Waals surface area (Å²) in [5, 5.41) is 2.88. The predicted octanol–water partition coefficient (Wildman–Crippen LogP) is 3.84. The topological polar surface area (TPSA) is 61.9 Å². The smallest absolute Gasteiger partial charge is 0.294 e. The third-order valence-electron chi connectivity index (χ3n) is 5.44. The van der Waals surface area contributed by atoms with Crippen molar-refractivity contribution in [3.63, 3.8) is 0 Å². The van der Waals surface area contributed by atoms with Crippen molar-refractivity contribution >= 4 is 23.6 Å². The monoisotopic (exact) mass is 459 g/mol. The van der Waals surface area contributed by atoms with Crippen LogP contribution in [0.25, 0.3) is 6.08 Å². The van der Waals surface area contributed by atoms with Crippen LogP contribution in [0.2, 0.25) is 0 Å². The molecule has 3 aromatic rings. The van der Waals surface area contributed by atoms with E-state index in [0.29, 0.717) is 24.5 Å². The zero-order valence-electron chi connectivity index (χ0n) is 18.9. The number of rotatable bonds is 8. The summed E-state index contributed by atoms with van der Waals surface area (Å²) >= 11 is 0. The number of hydrogen-bond donors (Lipinski definition) is 1. The van der Waals surface area contributed by atoms with Gasteiger partial charge in [-0.3, -0.25) is 14.5 Å². The molecule has 1 aliphatic heterocycles. The molecule has 1 N–H and O–H groups in total. The average Bonchev–Trinajstić information content (AvgIpc) is 2.83. The quantitative estimate of drug-likeness (QED) is 0.520. The third kappa shape index (κ3) is 5.68. The molecule has 0 saturated carbocycles. The summed E-state index contributed by atoms with van der Waals surface area (Å²) < 4.78 is 19.9. The molecule has 7 heteroatoms. The van der Waals surface area contributed by atoms with Gasteiger partial charge in [-0.25, -0.2) is 4.39 Å². The fourth-order valence-electron chi connectivity index (χ4n) is 3.71. The summed E-state index contributed by atoms with van der Waals surface area (Å²) in [6, 6.07) is 23.2. The highest BCUT2D eigenvalue weighted by Crippen LogP contribution is 2.35. The number of halogens is 1. The molecule has 0 bridgehead atoms. The van der Waals surface area contributed by atoms with E-state index in [0.717, 1.165) is 6.54 Å². The van der Waals surface area contributed by atoms with Crippen LogP contribution in [0.15, 0.2) is 84.6 Å². The van der Waals surface area contributed by atoms with Gasteiger partial charge in [-0.05, 0) is 36.9 Å². The maximum atomic E-state index is 14.1. The first kappa shape index (κ1) is 23.2. The minimum Gasteiger partial charge on any atom is -0.449 e. The molecular formula is C27H26FN3O3. The van der Waals surface area contributed by atoms with Crippen molar-refractivity contribution in [3.05, 3.63) is 102 Å². The van der Waals surface area contributed by atoms with Gasteiger partial charge in [-0.2, -0.15) is 0 Å². The Bertz CT molecular complexity index is 1200. The van der Waals surface area contributed by atoms with Crippen molar-refractivity contribution in [2.75, 3.05) is 31.6 Å². The lowest BCUT2D eigenvalue weighted by atomic mass is 10.1. The SMILES string of the molecule is CN(CCNC(=O)CN1C(=O)/C(=C/c2ccccc2F)Oc2ccccc21)Cc1ccccc1. The van der Waals surface area contributed by atoms with E-state index in [1.165, 1.54) is 22.6 Å². The number of fused-ring (bicyclic) bond motifs is 1. The number of amides is 2. The lowest BCUT2D eigenvalue weighted by Crippen LogP contribution is -2.45. The number of carbonyl (C=O) groups excluding carboxylic acids is 2. The summed E-state index contributed by atoms with van der Waals surface area (Å²) in [6.45, 7) is 1.71. The van der Waals surface area contributed by atoms with Gasteiger partial charge in [0, 0.05) is 25.2 Å². The molecule has 3 aromatic carbocycles. The van der Waals surface area contributed by atoms with E-state index in [9.17, 15) is 14.0 Å². The Morgan fingerprint density at radius 3 is 2.53 bits per heavy atom. The number of hydrogen-bond acceptors (Lipinski definition) is 4. The van der Waals surface area contributed by atoms with Crippen LogP contribution in [0, 0.1) is 5.82 Å². The Morgan fingerprint density at radius 2 is 1.74 bits per heavy atom. The largest absolute Gasteiger partial charge is 0.449 e. The van der Waals surface area contributed by atoms with Gasteiger partial charge >= 0.3 is 0 Å². The lowest BCUT2D eigenvalue weighted by Gasteiger charge is -2.30. The molecule has 0 unspecified atom stereocenters. The summed E-state index contributed by atoms with van der Waals surface area (Å²) in [5.41, 5.74) is 1.92. The first-order valence-electron chi connectivity index (χ1n) is 11.1. The molecule has 0 aliphatic carbocycles. The number of nitrogens with zero attached hydrogens (tertiary/aromatic N) is 2. The Kier molecular flexibility index (Phi) is 7.34. The highest BCUT2D eigenvalue weighted by atomic mass is 19.1. The second-order valence-corrected chi connectivity index (χ2v) is 8.06. The van der Waals surface area contributed by atoms with Gasteiger partial charge in [0.15, 0.2) is 11.5 Å². The molecule has 0 saturated heterocycles. The summed E-state index contributed by atoms with van der Waals surface area (Å²) in [6.07, 6.45) is 1.36. The zero-order valence-corrected chi connectivity index (χ0v) is 18.9. The molecule has 1 aliphatic rings. The maximum absolute atomic E-state index is 14.1. The van der Waals surface area contributed by atoms with Crippen molar-refractivity contribution in [2.24, 2.45) is 0 Å². The maximum Gasteiger partial charge on any atom is 0.294 e. The van der Waals surface area contributed by atoms with Crippen LogP contribution < -0.4 is 15.0 Å². The first-order valence-corrected chi connectivity index (χ1v) is 11.1. The van der Waals surface area contributed by atoms with Crippen molar-refractivity contribution in [1.82, 2.24) is 10.2 Å². The second-order valence-electron chi connectivity index (χ2n) is 8.06. The van der Waals surface area contributed by atoms with E-state index in [-0.39, 0.29) is 23.8 Å². The van der Waals surface area contributed by atoms with Crippen molar-refractivity contribution in [3.8, 4) is 5.75 Å². The molecule has 4 rings (SSSR count). The molecule has 2 amide bonds. The molecule has 0 spiro atoms. The zero-order chi connectivity index (χ0) is 23.9. The van der Waals surface area contributed by atoms with E-state index >= 15 is 0 Å². The van der Waals surface area contributed by atoms with Crippen LogP contribution in [0.1, 0.15) is 11.1 Å². The molecular weight excluding hydrogens is 433 g/mol. The minimum absolute atomic E-state index is 0.0424. The van der Waals surface area contributed by atoms with Crippen LogP contribution in [0.5, 0.6) is 5.75 Å². The molecule has 6 nitrogen and oxygen atoms in total. The molecule has 0 radical (unpaired) electrons. The fourth-order valence-corrected chi connectivity index (χ4v) is 3.71. The Morgan fingerprint density at radius 1 is 1.03 bits per heavy atom. The highest BCUT2D eigenvalue weighted by molar-refractivity contribution is 6.12. The highest BCUT2D eigenvalue weighted by Gasteiger charge is 2.31. The number of benzene rings is 3. The Labute approximate surface area is 198 Å². The van der Waals surface area contributed by atoms with E-state index in [1.54, 1.807) is 42.5 Å². The van der Waals surface area contributed by atoms with Gasteiger partial charge < -0.3 is 15.0 Å². The summed E-state index contributed by atoms with van der Waals surface area (Å²) in [7, 11) is 1.99. The molecule has 0 fully saturated rings. The minimum atomic E-state index is -0.502. The van der Waals surface area contributed by atoms with E-state index in [2.05, 4.69) is 22.3 Å². The fraction of sp³-hybridized carbons (Fsp3) is 0.185. The number of ether oxygens (including phenoxy) is 1.